The summed E-state index contributed by atoms with van der Waals surface area (Å²) in [4.78, 5) is 39.7. The van der Waals surface area contributed by atoms with Gasteiger partial charge in [0.05, 0.1) is 25.2 Å². The molecular formula is C21H25ClN2O5S. The number of amides is 2. The summed E-state index contributed by atoms with van der Waals surface area (Å²) in [6, 6.07) is 4.47. The number of piperazine rings is 1. The van der Waals surface area contributed by atoms with E-state index in [2.05, 4.69) is 5.32 Å². The Bertz CT molecular complexity index is 958. The lowest BCUT2D eigenvalue weighted by Gasteiger charge is -2.34. The maximum absolute atomic E-state index is 13.3. The standard InChI is InChI=1S/C21H25ClN2O5S/c1-12(2)6-9-29-17(25)11-15-20(26)23-7-8-24(15)21(27)19-18(22)14-5-4-13(28-3)10-16(14)30-19/h4-5,10,12,15H,6-9,11H2,1-3H3,(H,23,26). The predicted octanol–water partition coefficient (Wildman–Crippen LogP) is 3.48. The first-order valence-electron chi connectivity index (χ1n) is 9.82. The van der Waals surface area contributed by atoms with E-state index in [1.807, 2.05) is 19.9 Å². The Kier molecular flexibility index (Phi) is 7.20. The molecule has 2 heterocycles. The Morgan fingerprint density at radius 3 is 2.83 bits per heavy atom. The number of fused-ring (bicyclic) bond motifs is 1. The van der Waals surface area contributed by atoms with Crippen molar-refractivity contribution in [3.8, 4) is 5.75 Å². The molecule has 1 aromatic carbocycles. The molecule has 2 amide bonds. The largest absolute Gasteiger partial charge is 0.497 e. The summed E-state index contributed by atoms with van der Waals surface area (Å²) in [5, 5.41) is 3.80. The van der Waals surface area contributed by atoms with Gasteiger partial charge in [-0.2, -0.15) is 0 Å². The number of carbonyl (C=O) groups excluding carboxylic acids is 3. The first-order chi connectivity index (χ1) is 14.3. The SMILES string of the molecule is COc1ccc2c(Cl)c(C(=O)N3CCNC(=O)C3CC(=O)OCCC(C)C)sc2c1. The van der Waals surface area contributed by atoms with Crippen LogP contribution in [0.3, 0.4) is 0 Å². The highest BCUT2D eigenvalue weighted by Crippen LogP contribution is 2.38. The molecule has 0 saturated carbocycles. The van der Waals surface area contributed by atoms with Crippen LogP contribution in [0.1, 0.15) is 36.4 Å². The lowest BCUT2D eigenvalue weighted by molar-refractivity contribution is -0.148. The van der Waals surface area contributed by atoms with Crippen LogP contribution in [0.2, 0.25) is 5.02 Å². The molecule has 0 spiro atoms. The molecular weight excluding hydrogens is 428 g/mol. The molecule has 162 valence electrons. The normalized spacial score (nSPS) is 16.6. The van der Waals surface area contributed by atoms with Crippen LogP contribution in [0.5, 0.6) is 5.75 Å². The number of hydrogen-bond acceptors (Lipinski definition) is 6. The maximum atomic E-state index is 13.3. The molecule has 1 N–H and O–H groups in total. The van der Waals surface area contributed by atoms with E-state index in [1.54, 1.807) is 19.2 Å². The van der Waals surface area contributed by atoms with Crippen molar-refractivity contribution in [3.63, 3.8) is 0 Å². The van der Waals surface area contributed by atoms with Crippen LogP contribution in [0, 0.1) is 5.92 Å². The van der Waals surface area contributed by atoms with Crippen molar-refractivity contribution in [2.45, 2.75) is 32.7 Å². The minimum absolute atomic E-state index is 0.188. The minimum Gasteiger partial charge on any atom is -0.497 e. The van der Waals surface area contributed by atoms with Gasteiger partial charge in [0.1, 0.15) is 16.7 Å². The molecule has 0 aliphatic carbocycles. The molecule has 1 saturated heterocycles. The Balaban J connectivity index is 1.80. The fraction of sp³-hybridized carbons (Fsp3) is 0.476. The highest BCUT2D eigenvalue weighted by Gasteiger charge is 2.37. The van der Waals surface area contributed by atoms with Gasteiger partial charge in [0, 0.05) is 23.2 Å². The van der Waals surface area contributed by atoms with Crippen LogP contribution < -0.4 is 10.1 Å². The molecule has 0 radical (unpaired) electrons. The quantitative estimate of drug-likeness (QED) is 0.650. The summed E-state index contributed by atoms with van der Waals surface area (Å²) in [5.74, 6) is -0.159. The number of benzene rings is 1. The smallest absolute Gasteiger partial charge is 0.308 e. The third-order valence-corrected chi connectivity index (χ3v) is 6.59. The maximum Gasteiger partial charge on any atom is 0.308 e. The molecule has 2 aromatic rings. The third kappa shape index (κ3) is 4.87. The number of rotatable bonds is 7. The highest BCUT2D eigenvalue weighted by molar-refractivity contribution is 7.21. The van der Waals surface area contributed by atoms with Gasteiger partial charge >= 0.3 is 5.97 Å². The molecule has 30 heavy (non-hydrogen) atoms. The van der Waals surface area contributed by atoms with Gasteiger partial charge in [-0.15, -0.1) is 11.3 Å². The van der Waals surface area contributed by atoms with Gasteiger partial charge in [-0.25, -0.2) is 0 Å². The van der Waals surface area contributed by atoms with Crippen molar-refractivity contribution in [2.24, 2.45) is 5.92 Å². The fourth-order valence-electron chi connectivity index (χ4n) is 3.23. The van der Waals surface area contributed by atoms with Crippen LogP contribution in [-0.4, -0.2) is 55.5 Å². The van der Waals surface area contributed by atoms with E-state index in [4.69, 9.17) is 21.1 Å². The second kappa shape index (κ2) is 9.66. The van der Waals surface area contributed by atoms with Gasteiger partial charge in [-0.3, -0.25) is 14.4 Å². The van der Waals surface area contributed by atoms with Crippen LogP contribution >= 0.6 is 22.9 Å². The molecule has 7 nitrogen and oxygen atoms in total. The zero-order chi connectivity index (χ0) is 21.8. The average Bonchev–Trinajstić information content (AvgIpc) is 3.04. The van der Waals surface area contributed by atoms with Gasteiger partial charge in [-0.05, 0) is 30.5 Å². The van der Waals surface area contributed by atoms with E-state index < -0.39 is 12.0 Å². The second-order valence-electron chi connectivity index (χ2n) is 7.52. The van der Waals surface area contributed by atoms with Crippen molar-refractivity contribution < 1.29 is 23.9 Å². The van der Waals surface area contributed by atoms with Gasteiger partial charge in [0.25, 0.3) is 5.91 Å². The number of methoxy groups -OCH3 is 1. The predicted molar refractivity (Wildman–Crippen MR) is 116 cm³/mol. The first-order valence-corrected chi connectivity index (χ1v) is 11.0. The minimum atomic E-state index is -0.923. The summed E-state index contributed by atoms with van der Waals surface area (Å²) >= 11 is 7.73. The summed E-state index contributed by atoms with van der Waals surface area (Å²) in [6.07, 6.45) is 0.554. The molecule has 3 rings (SSSR count). The van der Waals surface area contributed by atoms with Crippen molar-refractivity contribution in [1.29, 1.82) is 0 Å². The summed E-state index contributed by atoms with van der Waals surface area (Å²) in [7, 11) is 1.57. The Labute approximate surface area is 184 Å². The number of ether oxygens (including phenoxy) is 2. The van der Waals surface area contributed by atoms with E-state index in [0.29, 0.717) is 41.3 Å². The number of hydrogen-bond donors (Lipinski definition) is 1. The number of halogens is 1. The molecule has 1 fully saturated rings. The first kappa shape index (κ1) is 22.4. The molecule has 1 aromatic heterocycles. The van der Waals surface area contributed by atoms with Crippen LogP contribution in [0.15, 0.2) is 18.2 Å². The molecule has 9 heteroatoms. The van der Waals surface area contributed by atoms with Crippen molar-refractivity contribution >= 4 is 50.8 Å². The van der Waals surface area contributed by atoms with E-state index >= 15 is 0 Å². The fourth-order valence-corrected chi connectivity index (χ4v) is 4.72. The number of carbonyl (C=O) groups is 3. The molecule has 1 aliphatic heterocycles. The number of thiophene rings is 1. The van der Waals surface area contributed by atoms with Gasteiger partial charge < -0.3 is 19.7 Å². The Morgan fingerprint density at radius 2 is 2.13 bits per heavy atom. The highest BCUT2D eigenvalue weighted by atomic mass is 35.5. The average molecular weight is 453 g/mol. The number of nitrogens with zero attached hydrogens (tertiary/aromatic N) is 1. The topological polar surface area (TPSA) is 84.9 Å². The number of esters is 1. The van der Waals surface area contributed by atoms with E-state index in [1.165, 1.54) is 16.2 Å². The lowest BCUT2D eigenvalue weighted by atomic mass is 10.1. The van der Waals surface area contributed by atoms with Crippen molar-refractivity contribution in [1.82, 2.24) is 10.2 Å². The number of nitrogens with one attached hydrogen (secondary N) is 1. The Morgan fingerprint density at radius 1 is 1.37 bits per heavy atom. The van der Waals surface area contributed by atoms with Gasteiger partial charge in [0.15, 0.2) is 0 Å². The lowest BCUT2D eigenvalue weighted by Crippen LogP contribution is -2.57. The monoisotopic (exact) mass is 452 g/mol. The summed E-state index contributed by atoms with van der Waals surface area (Å²) in [6.45, 7) is 4.98. The Hall–Kier alpha value is -2.32. The van der Waals surface area contributed by atoms with Crippen LogP contribution in [0.4, 0.5) is 0 Å². The zero-order valence-electron chi connectivity index (χ0n) is 17.2. The summed E-state index contributed by atoms with van der Waals surface area (Å²) < 4.78 is 11.3. The van der Waals surface area contributed by atoms with E-state index in [-0.39, 0.29) is 18.2 Å². The summed E-state index contributed by atoms with van der Waals surface area (Å²) in [5.41, 5.74) is 0. The molecule has 1 aliphatic rings. The van der Waals surface area contributed by atoms with E-state index in [0.717, 1.165) is 16.5 Å². The van der Waals surface area contributed by atoms with Gasteiger partial charge in [-0.1, -0.05) is 25.4 Å². The van der Waals surface area contributed by atoms with E-state index in [9.17, 15) is 14.4 Å². The zero-order valence-corrected chi connectivity index (χ0v) is 18.8. The van der Waals surface area contributed by atoms with Gasteiger partial charge in [0.2, 0.25) is 5.91 Å². The molecule has 1 atom stereocenters. The molecule has 1 unspecified atom stereocenters. The molecule has 0 bridgehead atoms. The second-order valence-corrected chi connectivity index (χ2v) is 8.95. The van der Waals surface area contributed by atoms with Crippen molar-refractivity contribution in [3.05, 3.63) is 28.1 Å². The van der Waals surface area contributed by atoms with Crippen molar-refractivity contribution in [2.75, 3.05) is 26.8 Å². The third-order valence-electron chi connectivity index (χ3n) is 4.94. The van der Waals surface area contributed by atoms with Crippen LogP contribution in [-0.2, 0) is 14.3 Å². The van der Waals surface area contributed by atoms with Crippen LogP contribution in [0.25, 0.3) is 10.1 Å².